The van der Waals surface area contributed by atoms with Gasteiger partial charge in [0.05, 0.1) is 11.4 Å². The lowest BCUT2D eigenvalue weighted by atomic mass is 10.3. The van der Waals surface area contributed by atoms with Gasteiger partial charge in [-0.3, -0.25) is 4.98 Å². The number of hydrogen-bond acceptors (Lipinski definition) is 4. The van der Waals surface area contributed by atoms with Crippen molar-refractivity contribution in [3.05, 3.63) is 66.1 Å². The fourth-order valence-corrected chi connectivity index (χ4v) is 1.80. The van der Waals surface area contributed by atoms with Crippen molar-refractivity contribution in [1.29, 1.82) is 0 Å². The molecule has 3 aromatic rings. The van der Waals surface area contributed by atoms with Gasteiger partial charge in [-0.05, 0) is 42.5 Å². The van der Waals surface area contributed by atoms with Crippen molar-refractivity contribution in [1.82, 2.24) is 14.8 Å². The van der Waals surface area contributed by atoms with Gasteiger partial charge in [0.1, 0.15) is 5.69 Å². The molecule has 0 saturated heterocycles. The molecular formula is C14H11N4O-. The minimum absolute atomic E-state index is 0.529. The van der Waals surface area contributed by atoms with Gasteiger partial charge < -0.3 is 10.7 Å². The molecule has 0 aliphatic heterocycles. The van der Waals surface area contributed by atoms with Crippen LogP contribution in [-0.4, -0.2) is 14.8 Å². The van der Waals surface area contributed by atoms with E-state index in [1.54, 1.807) is 23.0 Å². The minimum Gasteiger partial charge on any atom is -0.761 e. The Morgan fingerprint density at radius 3 is 2.47 bits per heavy atom. The Bertz CT molecular complexity index is 661. The van der Waals surface area contributed by atoms with E-state index in [-0.39, 0.29) is 0 Å². The first-order valence-electron chi connectivity index (χ1n) is 5.82. The molecule has 5 heteroatoms. The number of anilines is 1. The topological polar surface area (TPSA) is 65.8 Å². The van der Waals surface area contributed by atoms with Crippen molar-refractivity contribution < 1.29 is 0 Å². The summed E-state index contributed by atoms with van der Waals surface area (Å²) < 4.78 is 1.75. The van der Waals surface area contributed by atoms with E-state index < -0.39 is 0 Å². The zero-order valence-corrected chi connectivity index (χ0v) is 10.0. The molecule has 19 heavy (non-hydrogen) atoms. The summed E-state index contributed by atoms with van der Waals surface area (Å²) in [5.74, 6) is 0. The third kappa shape index (κ3) is 2.31. The first-order valence-corrected chi connectivity index (χ1v) is 5.82. The van der Waals surface area contributed by atoms with Gasteiger partial charge in [-0.15, -0.1) is 0 Å². The van der Waals surface area contributed by atoms with Crippen LogP contribution in [0.1, 0.15) is 0 Å². The molecule has 1 aromatic carbocycles. The second-order valence-electron chi connectivity index (χ2n) is 4.01. The van der Waals surface area contributed by atoms with Gasteiger partial charge in [0.25, 0.3) is 0 Å². The molecule has 0 amide bonds. The molecule has 0 saturated carbocycles. The van der Waals surface area contributed by atoms with E-state index in [1.165, 1.54) is 0 Å². The van der Waals surface area contributed by atoms with Crippen LogP contribution < -0.4 is 5.48 Å². The highest BCUT2D eigenvalue weighted by molar-refractivity contribution is 5.54. The summed E-state index contributed by atoms with van der Waals surface area (Å²) >= 11 is 0. The predicted molar refractivity (Wildman–Crippen MR) is 73.8 cm³/mol. The third-order valence-corrected chi connectivity index (χ3v) is 2.77. The van der Waals surface area contributed by atoms with Crippen LogP contribution in [0.5, 0.6) is 0 Å². The summed E-state index contributed by atoms with van der Waals surface area (Å²) in [6.45, 7) is 0. The van der Waals surface area contributed by atoms with Gasteiger partial charge in [0.2, 0.25) is 0 Å². The standard InChI is InChI=1S/C14H11N4O/c19-17-11-4-6-12(7-5-11)18-10-8-14(16-18)13-3-1-2-9-15-13/h1-10,17H/q-1. The number of nitrogens with zero attached hydrogens (tertiary/aromatic N) is 3. The average Bonchev–Trinajstić information content (AvgIpc) is 2.98. The molecule has 3 rings (SSSR count). The summed E-state index contributed by atoms with van der Waals surface area (Å²) in [7, 11) is 0. The molecular weight excluding hydrogens is 240 g/mol. The monoisotopic (exact) mass is 251 g/mol. The number of nitrogens with one attached hydrogen (secondary N) is 1. The molecule has 0 bridgehead atoms. The van der Waals surface area contributed by atoms with Crippen LogP contribution in [0.2, 0.25) is 0 Å². The van der Waals surface area contributed by atoms with Gasteiger partial charge in [0, 0.05) is 18.1 Å². The molecule has 0 fully saturated rings. The lowest BCUT2D eigenvalue weighted by Gasteiger charge is -2.09. The normalized spacial score (nSPS) is 10.4. The van der Waals surface area contributed by atoms with Crippen molar-refractivity contribution in [2.75, 3.05) is 5.48 Å². The molecule has 0 unspecified atom stereocenters. The van der Waals surface area contributed by atoms with Gasteiger partial charge in [-0.1, -0.05) is 6.07 Å². The molecule has 5 nitrogen and oxygen atoms in total. The zero-order valence-electron chi connectivity index (χ0n) is 10.0. The van der Waals surface area contributed by atoms with Crippen LogP contribution >= 0.6 is 0 Å². The smallest absolute Gasteiger partial charge is 0.111 e. The number of benzene rings is 1. The van der Waals surface area contributed by atoms with Gasteiger partial charge in [-0.25, -0.2) is 4.68 Å². The maximum atomic E-state index is 10.5. The van der Waals surface area contributed by atoms with Crippen LogP contribution in [0.25, 0.3) is 17.1 Å². The molecule has 1 N–H and O–H groups in total. The largest absolute Gasteiger partial charge is 0.761 e. The van der Waals surface area contributed by atoms with Crippen LogP contribution in [0.15, 0.2) is 60.9 Å². The average molecular weight is 251 g/mol. The Morgan fingerprint density at radius 2 is 1.79 bits per heavy atom. The van der Waals surface area contributed by atoms with E-state index in [0.29, 0.717) is 5.69 Å². The van der Waals surface area contributed by atoms with Gasteiger partial charge in [-0.2, -0.15) is 5.10 Å². The summed E-state index contributed by atoms with van der Waals surface area (Å²) in [6.07, 6.45) is 3.60. The van der Waals surface area contributed by atoms with Crippen molar-refractivity contribution in [3.63, 3.8) is 0 Å². The molecule has 0 radical (unpaired) electrons. The van der Waals surface area contributed by atoms with Crippen LogP contribution in [0.4, 0.5) is 5.69 Å². The van der Waals surface area contributed by atoms with E-state index in [0.717, 1.165) is 17.1 Å². The summed E-state index contributed by atoms with van der Waals surface area (Å²) in [4.78, 5) is 4.26. The Morgan fingerprint density at radius 1 is 0.947 bits per heavy atom. The summed E-state index contributed by atoms with van der Waals surface area (Å²) in [5, 5.41) is 14.9. The molecule has 0 aliphatic rings. The van der Waals surface area contributed by atoms with E-state index >= 15 is 0 Å². The van der Waals surface area contributed by atoms with Crippen LogP contribution in [-0.2, 0) is 0 Å². The first kappa shape index (κ1) is 11.4. The lowest BCUT2D eigenvalue weighted by molar-refractivity contribution is 0.882. The molecule has 2 aromatic heterocycles. The number of rotatable bonds is 3. The SMILES string of the molecule is [O-]Nc1ccc(-n2ccc(-c3ccccn3)n2)cc1. The maximum Gasteiger partial charge on any atom is 0.111 e. The second-order valence-corrected chi connectivity index (χ2v) is 4.01. The number of aromatic nitrogens is 3. The van der Waals surface area contributed by atoms with E-state index in [2.05, 4.69) is 10.1 Å². The van der Waals surface area contributed by atoms with Crippen molar-refractivity contribution in [2.24, 2.45) is 0 Å². The van der Waals surface area contributed by atoms with E-state index in [9.17, 15) is 5.21 Å². The van der Waals surface area contributed by atoms with Gasteiger partial charge >= 0.3 is 0 Å². The Balaban J connectivity index is 1.92. The Labute approximate surface area is 110 Å². The highest BCUT2D eigenvalue weighted by Crippen LogP contribution is 2.17. The van der Waals surface area contributed by atoms with E-state index in [1.807, 2.05) is 48.1 Å². The molecule has 0 spiro atoms. The summed E-state index contributed by atoms with van der Waals surface area (Å²) in [6, 6.07) is 14.7. The van der Waals surface area contributed by atoms with Gasteiger partial charge in [0.15, 0.2) is 0 Å². The Kier molecular flexibility index (Phi) is 2.96. The molecule has 2 heterocycles. The highest BCUT2D eigenvalue weighted by atomic mass is 16.5. The van der Waals surface area contributed by atoms with Crippen molar-refractivity contribution in [3.8, 4) is 17.1 Å². The van der Waals surface area contributed by atoms with Crippen molar-refractivity contribution in [2.45, 2.75) is 0 Å². The fourth-order valence-electron chi connectivity index (χ4n) is 1.80. The quantitative estimate of drug-likeness (QED) is 0.727. The Hall–Kier alpha value is -2.66. The maximum absolute atomic E-state index is 10.5. The number of hydrogen-bond donors (Lipinski definition) is 1. The summed E-state index contributed by atoms with van der Waals surface area (Å²) in [5.41, 5.74) is 4.91. The lowest BCUT2D eigenvalue weighted by Crippen LogP contribution is -1.95. The van der Waals surface area contributed by atoms with E-state index in [4.69, 9.17) is 0 Å². The third-order valence-electron chi connectivity index (χ3n) is 2.77. The second kappa shape index (κ2) is 4.91. The number of pyridine rings is 1. The molecule has 0 atom stereocenters. The highest BCUT2D eigenvalue weighted by Gasteiger charge is 2.04. The zero-order chi connectivity index (χ0) is 13.1. The predicted octanol–water partition coefficient (Wildman–Crippen LogP) is 2.84. The molecule has 94 valence electrons. The van der Waals surface area contributed by atoms with Crippen LogP contribution in [0, 0.1) is 5.21 Å². The molecule has 0 aliphatic carbocycles. The minimum atomic E-state index is 0.529. The fraction of sp³-hybridized carbons (Fsp3) is 0. The van der Waals surface area contributed by atoms with Crippen LogP contribution in [0.3, 0.4) is 0 Å². The first-order chi connectivity index (χ1) is 9.36. The van der Waals surface area contributed by atoms with Crippen molar-refractivity contribution >= 4 is 5.69 Å².